The van der Waals surface area contributed by atoms with Gasteiger partial charge in [0.2, 0.25) is 5.95 Å². The molecule has 2 N–H and O–H groups in total. The molecule has 1 aromatic rings. The molecule has 6 heteroatoms. The highest BCUT2D eigenvalue weighted by Crippen LogP contribution is 2.04. The molecule has 0 saturated carbocycles. The van der Waals surface area contributed by atoms with Crippen molar-refractivity contribution in [3.8, 4) is 0 Å². The van der Waals surface area contributed by atoms with E-state index in [1.807, 2.05) is 0 Å². The van der Waals surface area contributed by atoms with E-state index in [0.29, 0.717) is 11.9 Å². The molecule has 6 nitrogen and oxygen atoms in total. The molecule has 18 heavy (non-hydrogen) atoms. The lowest BCUT2D eigenvalue weighted by Gasteiger charge is -2.11. The van der Waals surface area contributed by atoms with Crippen molar-refractivity contribution in [1.82, 2.24) is 20.1 Å². The minimum Gasteiger partial charge on any atom is -0.369 e. The molecule has 0 aliphatic heterocycles. The lowest BCUT2D eigenvalue weighted by atomic mass is 10.2. The van der Waals surface area contributed by atoms with Gasteiger partial charge in [-0.3, -0.25) is 0 Å². The van der Waals surface area contributed by atoms with Crippen LogP contribution in [0.15, 0.2) is 6.20 Å². The van der Waals surface area contributed by atoms with Crippen molar-refractivity contribution in [2.75, 3.05) is 44.4 Å². The molecule has 0 saturated heterocycles. The third-order valence-corrected chi connectivity index (χ3v) is 2.32. The van der Waals surface area contributed by atoms with E-state index in [4.69, 9.17) is 0 Å². The highest BCUT2D eigenvalue weighted by Gasteiger charge is 2.01. The smallest absolute Gasteiger partial charge is 0.244 e. The Kier molecular flexibility index (Phi) is 6.35. The fourth-order valence-corrected chi connectivity index (χ4v) is 1.37. The maximum atomic E-state index is 4.35. The van der Waals surface area contributed by atoms with Gasteiger partial charge in [-0.05, 0) is 33.0 Å². The summed E-state index contributed by atoms with van der Waals surface area (Å²) in [7, 11) is 4.14. The van der Waals surface area contributed by atoms with Gasteiger partial charge in [-0.1, -0.05) is 13.8 Å². The number of hydrogen-bond acceptors (Lipinski definition) is 6. The number of aromatic nitrogens is 3. The van der Waals surface area contributed by atoms with Crippen molar-refractivity contribution < 1.29 is 0 Å². The normalized spacial score (nSPS) is 11.0. The summed E-state index contributed by atoms with van der Waals surface area (Å²) in [6.45, 7) is 7.09. The Balaban J connectivity index is 2.34. The van der Waals surface area contributed by atoms with Gasteiger partial charge in [0, 0.05) is 13.1 Å². The predicted molar refractivity (Wildman–Crippen MR) is 74.8 cm³/mol. The summed E-state index contributed by atoms with van der Waals surface area (Å²) in [6, 6.07) is 0. The Hall–Kier alpha value is -1.43. The third kappa shape index (κ3) is 6.34. The second kappa shape index (κ2) is 7.81. The predicted octanol–water partition coefficient (Wildman–Crippen LogP) is 1.30. The van der Waals surface area contributed by atoms with E-state index in [-0.39, 0.29) is 0 Å². The van der Waals surface area contributed by atoms with Gasteiger partial charge in [0.25, 0.3) is 0 Å². The Morgan fingerprint density at radius 2 is 2.06 bits per heavy atom. The summed E-state index contributed by atoms with van der Waals surface area (Å²) in [5.41, 5.74) is 0. The van der Waals surface area contributed by atoms with Crippen LogP contribution in [0.25, 0.3) is 0 Å². The van der Waals surface area contributed by atoms with E-state index in [9.17, 15) is 0 Å². The van der Waals surface area contributed by atoms with Gasteiger partial charge in [0.15, 0.2) is 5.82 Å². The van der Waals surface area contributed by atoms with Crippen LogP contribution in [0.2, 0.25) is 0 Å². The molecule has 0 unspecified atom stereocenters. The molecule has 0 aromatic carbocycles. The van der Waals surface area contributed by atoms with Crippen LogP contribution in [-0.4, -0.2) is 53.8 Å². The van der Waals surface area contributed by atoms with Crippen molar-refractivity contribution in [1.29, 1.82) is 0 Å². The van der Waals surface area contributed by atoms with Gasteiger partial charge in [0.05, 0.1) is 6.20 Å². The van der Waals surface area contributed by atoms with Gasteiger partial charge in [-0.25, -0.2) is 0 Å². The molecule has 0 fully saturated rings. The second-order valence-electron chi connectivity index (χ2n) is 5.02. The van der Waals surface area contributed by atoms with E-state index < -0.39 is 0 Å². The molecule has 0 aliphatic rings. The second-order valence-corrected chi connectivity index (χ2v) is 5.02. The van der Waals surface area contributed by atoms with E-state index >= 15 is 0 Å². The molecule has 0 radical (unpaired) electrons. The zero-order valence-electron chi connectivity index (χ0n) is 11.8. The van der Waals surface area contributed by atoms with Gasteiger partial charge in [-0.15, -0.1) is 5.10 Å². The number of nitrogens with one attached hydrogen (secondary N) is 2. The lowest BCUT2D eigenvalue weighted by molar-refractivity contribution is 0.405. The minimum absolute atomic E-state index is 0.560. The molecule has 0 aliphatic carbocycles. The SMILES string of the molecule is CC(C)CNc1nncc(NCCCN(C)C)n1. The number of anilines is 2. The first-order chi connectivity index (χ1) is 8.58. The van der Waals surface area contributed by atoms with Crippen molar-refractivity contribution >= 4 is 11.8 Å². The number of nitrogens with zero attached hydrogens (tertiary/aromatic N) is 4. The van der Waals surface area contributed by atoms with E-state index in [1.54, 1.807) is 6.20 Å². The van der Waals surface area contributed by atoms with Crippen LogP contribution in [-0.2, 0) is 0 Å². The Labute approximate surface area is 109 Å². The van der Waals surface area contributed by atoms with Crippen LogP contribution < -0.4 is 10.6 Å². The fraction of sp³-hybridized carbons (Fsp3) is 0.750. The third-order valence-electron chi connectivity index (χ3n) is 2.32. The fourth-order valence-electron chi connectivity index (χ4n) is 1.37. The molecule has 1 aromatic heterocycles. The molecule has 0 amide bonds. The molecule has 0 bridgehead atoms. The van der Waals surface area contributed by atoms with Crippen LogP contribution in [0.3, 0.4) is 0 Å². The molecule has 0 spiro atoms. The van der Waals surface area contributed by atoms with Crippen LogP contribution in [0.5, 0.6) is 0 Å². The zero-order chi connectivity index (χ0) is 13.4. The Bertz CT molecular complexity index is 339. The lowest BCUT2D eigenvalue weighted by Crippen LogP contribution is -2.17. The van der Waals surface area contributed by atoms with Crippen molar-refractivity contribution in [3.63, 3.8) is 0 Å². The topological polar surface area (TPSA) is 66.0 Å². The average Bonchev–Trinajstić information content (AvgIpc) is 2.32. The molecular formula is C12H24N6. The first-order valence-corrected chi connectivity index (χ1v) is 6.40. The molecule has 1 rings (SSSR count). The standard InChI is InChI=1S/C12H24N6/c1-10(2)8-14-12-16-11(9-15-17-12)13-6-5-7-18(3)4/h9-10H,5-8H2,1-4H3,(H2,13,14,16,17). The summed E-state index contributed by atoms with van der Waals surface area (Å²) >= 11 is 0. The van der Waals surface area contributed by atoms with Crippen LogP contribution in [0.1, 0.15) is 20.3 Å². The summed E-state index contributed by atoms with van der Waals surface area (Å²) in [4.78, 5) is 6.51. The monoisotopic (exact) mass is 252 g/mol. The van der Waals surface area contributed by atoms with Crippen LogP contribution in [0, 0.1) is 5.92 Å². The quantitative estimate of drug-likeness (QED) is 0.680. The maximum absolute atomic E-state index is 4.35. The minimum atomic E-state index is 0.560. The van der Waals surface area contributed by atoms with E-state index in [2.05, 4.69) is 58.7 Å². The van der Waals surface area contributed by atoms with E-state index in [0.717, 1.165) is 31.9 Å². The highest BCUT2D eigenvalue weighted by molar-refractivity contribution is 5.36. The number of rotatable bonds is 8. The van der Waals surface area contributed by atoms with Gasteiger partial charge in [-0.2, -0.15) is 10.1 Å². The first kappa shape index (κ1) is 14.6. The zero-order valence-corrected chi connectivity index (χ0v) is 11.8. The average molecular weight is 252 g/mol. The maximum Gasteiger partial charge on any atom is 0.244 e. The van der Waals surface area contributed by atoms with Crippen LogP contribution >= 0.6 is 0 Å². The molecule has 102 valence electrons. The van der Waals surface area contributed by atoms with Gasteiger partial charge in [0.1, 0.15) is 0 Å². The summed E-state index contributed by atoms with van der Waals surface area (Å²) in [6.07, 6.45) is 2.72. The number of hydrogen-bond donors (Lipinski definition) is 2. The summed E-state index contributed by atoms with van der Waals surface area (Å²) in [5.74, 6) is 1.92. The molecule has 0 atom stereocenters. The van der Waals surface area contributed by atoms with Crippen molar-refractivity contribution in [2.45, 2.75) is 20.3 Å². The van der Waals surface area contributed by atoms with Gasteiger partial charge < -0.3 is 15.5 Å². The van der Waals surface area contributed by atoms with Gasteiger partial charge >= 0.3 is 0 Å². The Morgan fingerprint density at radius 1 is 1.28 bits per heavy atom. The van der Waals surface area contributed by atoms with E-state index in [1.165, 1.54) is 0 Å². The molecular weight excluding hydrogens is 228 g/mol. The largest absolute Gasteiger partial charge is 0.369 e. The summed E-state index contributed by atoms with van der Waals surface area (Å²) < 4.78 is 0. The van der Waals surface area contributed by atoms with Crippen LogP contribution in [0.4, 0.5) is 11.8 Å². The van der Waals surface area contributed by atoms with Crippen molar-refractivity contribution in [2.24, 2.45) is 5.92 Å². The first-order valence-electron chi connectivity index (χ1n) is 6.40. The Morgan fingerprint density at radius 3 is 2.72 bits per heavy atom. The molecule has 1 heterocycles. The summed E-state index contributed by atoms with van der Waals surface area (Å²) in [5, 5.41) is 14.3. The van der Waals surface area contributed by atoms with Crippen molar-refractivity contribution in [3.05, 3.63) is 6.20 Å². The highest BCUT2D eigenvalue weighted by atomic mass is 15.3.